The molecule has 1 aliphatic rings. The number of carbonyl (C=O) groups is 3. The predicted molar refractivity (Wildman–Crippen MR) is 154 cm³/mol. The van der Waals surface area contributed by atoms with Crippen LogP contribution in [-0.2, 0) is 20.7 Å². The van der Waals surface area contributed by atoms with Crippen LogP contribution >= 0.6 is 11.8 Å². The number of anilines is 1. The van der Waals surface area contributed by atoms with Gasteiger partial charge in [0.2, 0.25) is 11.8 Å². The van der Waals surface area contributed by atoms with E-state index in [1.165, 1.54) is 23.9 Å². The number of thioether (sulfide) groups is 1. The number of carbonyl (C=O) groups excluding carboxylic acids is 3. The summed E-state index contributed by atoms with van der Waals surface area (Å²) in [7, 11) is 0. The Kier molecular flexibility index (Phi) is 9.91. The van der Waals surface area contributed by atoms with Crippen LogP contribution in [0, 0.1) is 5.82 Å². The van der Waals surface area contributed by atoms with Gasteiger partial charge in [-0.05, 0) is 74.4 Å². The minimum atomic E-state index is -0.666. The van der Waals surface area contributed by atoms with E-state index in [9.17, 15) is 18.8 Å². The summed E-state index contributed by atoms with van der Waals surface area (Å²) in [5.74, 6) is -0.652. The first-order chi connectivity index (χ1) is 19.4. The molecule has 208 valence electrons. The normalized spacial score (nSPS) is 15.8. The van der Waals surface area contributed by atoms with Gasteiger partial charge in [0.15, 0.2) is 5.17 Å². The molecule has 0 saturated carbocycles. The number of nitrogens with zero attached hydrogens (tertiary/aromatic N) is 2. The van der Waals surface area contributed by atoms with Gasteiger partial charge in [0.05, 0.1) is 24.5 Å². The molecule has 0 spiro atoms. The van der Waals surface area contributed by atoms with Crippen LogP contribution in [0.4, 0.5) is 15.8 Å². The molecule has 2 amide bonds. The smallest absolute Gasteiger partial charge is 0.338 e. The molecule has 3 aromatic rings. The Morgan fingerprint density at radius 3 is 2.48 bits per heavy atom. The molecule has 1 saturated heterocycles. The average Bonchev–Trinajstić information content (AvgIpc) is 3.22. The first kappa shape index (κ1) is 28.8. The van der Waals surface area contributed by atoms with Crippen molar-refractivity contribution in [2.45, 2.75) is 31.9 Å². The molecule has 1 fully saturated rings. The second kappa shape index (κ2) is 13.7. The molecule has 1 heterocycles. The van der Waals surface area contributed by atoms with E-state index in [1.54, 1.807) is 72.5 Å². The Bertz CT molecular complexity index is 1380. The Morgan fingerprint density at radius 2 is 1.77 bits per heavy atom. The van der Waals surface area contributed by atoms with Gasteiger partial charge in [-0.3, -0.25) is 14.5 Å². The van der Waals surface area contributed by atoms with Gasteiger partial charge in [0, 0.05) is 24.7 Å². The molecule has 0 aliphatic carbocycles. The summed E-state index contributed by atoms with van der Waals surface area (Å²) in [4.78, 5) is 44.5. The lowest BCUT2D eigenvalue weighted by molar-refractivity contribution is -0.128. The van der Waals surface area contributed by atoms with E-state index in [1.807, 2.05) is 6.92 Å². The molecule has 40 heavy (non-hydrogen) atoms. The monoisotopic (exact) mass is 563 g/mol. The minimum absolute atomic E-state index is 0.0454. The molecule has 1 N–H and O–H groups in total. The molecule has 10 heteroatoms. The Hall–Kier alpha value is -4.18. The van der Waals surface area contributed by atoms with Gasteiger partial charge in [-0.1, -0.05) is 30.0 Å². The molecule has 0 aromatic heterocycles. The number of rotatable bonds is 11. The number of esters is 1. The molecule has 1 atom stereocenters. The molecule has 3 aromatic carbocycles. The van der Waals surface area contributed by atoms with Crippen LogP contribution in [0.1, 0.15) is 36.2 Å². The van der Waals surface area contributed by atoms with Crippen molar-refractivity contribution in [2.75, 3.05) is 25.1 Å². The molecule has 4 rings (SSSR count). The van der Waals surface area contributed by atoms with E-state index in [-0.39, 0.29) is 30.7 Å². The zero-order valence-corrected chi connectivity index (χ0v) is 23.1. The lowest BCUT2D eigenvalue weighted by Crippen LogP contribution is -2.35. The zero-order valence-electron chi connectivity index (χ0n) is 22.3. The summed E-state index contributed by atoms with van der Waals surface area (Å²) in [5, 5.41) is 2.62. The van der Waals surface area contributed by atoms with E-state index in [4.69, 9.17) is 9.47 Å². The molecule has 0 radical (unpaired) electrons. The highest BCUT2D eigenvalue weighted by atomic mass is 32.2. The number of amides is 2. The number of ether oxygens (including phenoxy) is 2. The molecular formula is C30H30FN3O5S. The largest absolute Gasteiger partial charge is 0.494 e. The molecule has 0 bridgehead atoms. The minimum Gasteiger partial charge on any atom is -0.494 e. The summed E-state index contributed by atoms with van der Waals surface area (Å²) in [5.41, 5.74) is 2.40. The zero-order chi connectivity index (χ0) is 28.5. The highest BCUT2D eigenvalue weighted by molar-refractivity contribution is 8.15. The van der Waals surface area contributed by atoms with Crippen LogP contribution in [0.2, 0.25) is 0 Å². The third-order valence-corrected chi connectivity index (χ3v) is 7.14. The first-order valence-electron chi connectivity index (χ1n) is 13.0. The second-order valence-electron chi connectivity index (χ2n) is 8.85. The second-order valence-corrected chi connectivity index (χ2v) is 10.0. The van der Waals surface area contributed by atoms with Gasteiger partial charge in [-0.2, -0.15) is 0 Å². The van der Waals surface area contributed by atoms with Gasteiger partial charge >= 0.3 is 5.97 Å². The fourth-order valence-electron chi connectivity index (χ4n) is 4.03. The van der Waals surface area contributed by atoms with Crippen molar-refractivity contribution >= 4 is 46.1 Å². The summed E-state index contributed by atoms with van der Waals surface area (Å²) < 4.78 is 23.9. The number of nitrogens with one attached hydrogen (secondary N) is 1. The van der Waals surface area contributed by atoms with Crippen LogP contribution < -0.4 is 10.1 Å². The van der Waals surface area contributed by atoms with Crippen molar-refractivity contribution in [3.63, 3.8) is 0 Å². The van der Waals surface area contributed by atoms with Crippen molar-refractivity contribution in [3.05, 3.63) is 89.7 Å². The number of halogens is 1. The standard InChI is InChI=1S/C30H30FN3O5S/c1-3-38-25-7-5-6-24(18-25)32-27(35)19-26-28(36)34(17-16-20-8-12-22(31)13-9-20)30(40-26)33-23-14-10-21(11-15-23)29(37)39-4-2/h5-15,18,26H,3-4,16-17,19H2,1-2H3,(H,32,35)/t26-/m1/s1. The van der Waals surface area contributed by atoms with Crippen LogP contribution in [0.5, 0.6) is 5.75 Å². The van der Waals surface area contributed by atoms with E-state index in [0.29, 0.717) is 47.4 Å². The fourth-order valence-corrected chi connectivity index (χ4v) is 5.21. The van der Waals surface area contributed by atoms with Crippen molar-refractivity contribution in [3.8, 4) is 5.75 Å². The summed E-state index contributed by atoms with van der Waals surface area (Å²) in [6.45, 7) is 4.71. The van der Waals surface area contributed by atoms with E-state index in [0.717, 1.165) is 5.56 Å². The SMILES string of the molecule is CCOC(=O)c1ccc(N=C2S[C@H](CC(=O)Nc3cccc(OCC)c3)C(=O)N2CCc2ccc(F)cc2)cc1. The molecular weight excluding hydrogens is 533 g/mol. The van der Waals surface area contributed by atoms with Crippen LogP contribution in [0.25, 0.3) is 0 Å². The third kappa shape index (κ3) is 7.69. The Balaban J connectivity index is 1.50. The highest BCUT2D eigenvalue weighted by Gasteiger charge is 2.39. The van der Waals surface area contributed by atoms with Crippen LogP contribution in [0.15, 0.2) is 77.8 Å². The highest BCUT2D eigenvalue weighted by Crippen LogP contribution is 2.32. The van der Waals surface area contributed by atoms with Crippen molar-refractivity contribution in [1.29, 1.82) is 0 Å². The maximum atomic E-state index is 13.4. The summed E-state index contributed by atoms with van der Waals surface area (Å²) in [6, 6.07) is 19.8. The number of amidine groups is 1. The van der Waals surface area contributed by atoms with E-state index >= 15 is 0 Å². The maximum absolute atomic E-state index is 13.4. The third-order valence-electron chi connectivity index (χ3n) is 5.96. The first-order valence-corrected chi connectivity index (χ1v) is 13.8. The van der Waals surface area contributed by atoms with Crippen molar-refractivity contribution in [1.82, 2.24) is 4.90 Å². The molecule has 1 aliphatic heterocycles. The van der Waals surface area contributed by atoms with Crippen molar-refractivity contribution in [2.24, 2.45) is 4.99 Å². The fraction of sp³-hybridized carbons (Fsp3) is 0.267. The van der Waals surface area contributed by atoms with Gasteiger partial charge in [-0.25, -0.2) is 14.2 Å². The summed E-state index contributed by atoms with van der Waals surface area (Å²) >= 11 is 1.22. The Labute approximate surface area is 236 Å². The molecule has 0 unspecified atom stereocenters. The van der Waals surface area contributed by atoms with Crippen LogP contribution in [0.3, 0.4) is 0 Å². The maximum Gasteiger partial charge on any atom is 0.338 e. The average molecular weight is 564 g/mol. The lowest BCUT2D eigenvalue weighted by Gasteiger charge is -2.16. The summed E-state index contributed by atoms with van der Waals surface area (Å²) in [6.07, 6.45) is 0.437. The number of hydrogen-bond acceptors (Lipinski definition) is 7. The van der Waals surface area contributed by atoms with Gasteiger partial charge in [0.1, 0.15) is 16.8 Å². The van der Waals surface area contributed by atoms with E-state index in [2.05, 4.69) is 10.3 Å². The van der Waals surface area contributed by atoms with Gasteiger partial charge < -0.3 is 14.8 Å². The van der Waals surface area contributed by atoms with Gasteiger partial charge in [0.25, 0.3) is 0 Å². The quantitative estimate of drug-likeness (QED) is 0.305. The van der Waals surface area contributed by atoms with Crippen LogP contribution in [-0.4, -0.2) is 52.9 Å². The lowest BCUT2D eigenvalue weighted by atomic mass is 10.1. The number of benzene rings is 3. The van der Waals surface area contributed by atoms with E-state index < -0.39 is 11.2 Å². The molecule has 8 nitrogen and oxygen atoms in total. The Morgan fingerprint density at radius 1 is 1.02 bits per heavy atom. The number of aliphatic imine (C=N–C) groups is 1. The topological polar surface area (TPSA) is 97.3 Å². The van der Waals surface area contributed by atoms with Crippen molar-refractivity contribution < 1.29 is 28.2 Å². The predicted octanol–water partition coefficient (Wildman–Crippen LogP) is 5.60. The number of hydrogen-bond donors (Lipinski definition) is 1. The van der Waals surface area contributed by atoms with Gasteiger partial charge in [-0.15, -0.1) is 0 Å².